The maximum atomic E-state index is 5.02. The molecule has 3 aromatic rings. The Balaban J connectivity index is 1.88. The molecule has 0 bridgehead atoms. The zero-order valence-electron chi connectivity index (χ0n) is 9.81. The second-order valence-electron chi connectivity index (χ2n) is 4.26. The highest BCUT2D eigenvalue weighted by Gasteiger charge is 2.02. The SMILES string of the molecule is S=c1[nH]cc(CCc2cccc3ncccc23)[nH]1. The van der Waals surface area contributed by atoms with E-state index in [0.29, 0.717) is 4.77 Å². The maximum absolute atomic E-state index is 5.02. The zero-order chi connectivity index (χ0) is 12.4. The summed E-state index contributed by atoms with van der Waals surface area (Å²) in [6.07, 6.45) is 5.69. The van der Waals surface area contributed by atoms with Crippen LogP contribution < -0.4 is 0 Å². The third-order valence-corrected chi connectivity index (χ3v) is 3.27. The first-order chi connectivity index (χ1) is 8.83. The van der Waals surface area contributed by atoms with Gasteiger partial charge in [-0.15, -0.1) is 0 Å². The van der Waals surface area contributed by atoms with Crippen molar-refractivity contribution < 1.29 is 0 Å². The van der Waals surface area contributed by atoms with Gasteiger partial charge in [0.05, 0.1) is 5.52 Å². The van der Waals surface area contributed by atoms with Crippen LogP contribution in [0.1, 0.15) is 11.3 Å². The fraction of sp³-hybridized carbons (Fsp3) is 0.143. The summed E-state index contributed by atoms with van der Waals surface area (Å²) in [6.45, 7) is 0. The molecule has 0 radical (unpaired) electrons. The highest BCUT2D eigenvalue weighted by Crippen LogP contribution is 2.17. The average Bonchev–Trinajstić information content (AvgIpc) is 2.82. The minimum absolute atomic E-state index is 0.685. The number of benzene rings is 1. The first kappa shape index (κ1) is 11.2. The molecule has 3 nitrogen and oxygen atoms in total. The van der Waals surface area contributed by atoms with Crippen molar-refractivity contribution in [1.29, 1.82) is 0 Å². The molecule has 0 saturated carbocycles. The predicted molar refractivity (Wildman–Crippen MR) is 75.1 cm³/mol. The number of hydrogen-bond donors (Lipinski definition) is 2. The van der Waals surface area contributed by atoms with Gasteiger partial charge < -0.3 is 9.97 Å². The van der Waals surface area contributed by atoms with E-state index in [-0.39, 0.29) is 0 Å². The van der Waals surface area contributed by atoms with Crippen molar-refractivity contribution in [1.82, 2.24) is 15.0 Å². The number of rotatable bonds is 3. The van der Waals surface area contributed by atoms with Gasteiger partial charge in [-0.3, -0.25) is 4.98 Å². The number of aromatic amines is 2. The summed E-state index contributed by atoms with van der Waals surface area (Å²) in [5, 5.41) is 1.23. The van der Waals surface area contributed by atoms with Crippen molar-refractivity contribution in [3.63, 3.8) is 0 Å². The van der Waals surface area contributed by atoms with Crippen molar-refractivity contribution in [3.05, 3.63) is 58.8 Å². The van der Waals surface area contributed by atoms with E-state index in [4.69, 9.17) is 12.2 Å². The molecule has 0 atom stereocenters. The van der Waals surface area contributed by atoms with E-state index in [1.54, 1.807) is 0 Å². The number of fused-ring (bicyclic) bond motifs is 1. The standard InChI is InChI=1S/C14H13N3S/c18-14-16-9-11(17-14)7-6-10-3-1-5-13-12(10)4-2-8-15-13/h1-5,8-9H,6-7H2,(H2,16,17,18). The number of aryl methyl sites for hydroxylation is 2. The topological polar surface area (TPSA) is 44.5 Å². The maximum Gasteiger partial charge on any atom is 0.174 e. The van der Waals surface area contributed by atoms with E-state index in [1.807, 2.05) is 24.5 Å². The van der Waals surface area contributed by atoms with Gasteiger partial charge in [0.15, 0.2) is 4.77 Å². The van der Waals surface area contributed by atoms with Gasteiger partial charge in [-0.05, 0) is 42.8 Å². The zero-order valence-corrected chi connectivity index (χ0v) is 10.6. The van der Waals surface area contributed by atoms with Crippen LogP contribution in [0.2, 0.25) is 0 Å². The largest absolute Gasteiger partial charge is 0.337 e. The molecule has 4 heteroatoms. The molecule has 0 aliphatic carbocycles. The Morgan fingerprint density at radius 3 is 2.89 bits per heavy atom. The highest BCUT2D eigenvalue weighted by molar-refractivity contribution is 7.71. The number of aromatic nitrogens is 3. The van der Waals surface area contributed by atoms with E-state index in [1.165, 1.54) is 10.9 Å². The molecule has 0 fully saturated rings. The molecule has 0 amide bonds. The van der Waals surface area contributed by atoms with Crippen molar-refractivity contribution in [2.24, 2.45) is 0 Å². The lowest BCUT2D eigenvalue weighted by Gasteiger charge is -2.04. The Labute approximate surface area is 110 Å². The van der Waals surface area contributed by atoms with E-state index in [2.05, 4.69) is 33.2 Å². The van der Waals surface area contributed by atoms with Gasteiger partial charge in [-0.1, -0.05) is 18.2 Å². The Morgan fingerprint density at radius 1 is 1.11 bits per heavy atom. The monoisotopic (exact) mass is 255 g/mol. The molecule has 3 rings (SSSR count). The number of imidazole rings is 1. The molecular weight excluding hydrogens is 242 g/mol. The van der Waals surface area contributed by atoms with Crippen LogP contribution in [0, 0.1) is 4.77 Å². The molecule has 1 aromatic carbocycles. The summed E-state index contributed by atoms with van der Waals surface area (Å²) in [5.74, 6) is 0. The summed E-state index contributed by atoms with van der Waals surface area (Å²) in [5.41, 5.74) is 3.51. The van der Waals surface area contributed by atoms with Crippen LogP contribution in [0.3, 0.4) is 0 Å². The lowest BCUT2D eigenvalue weighted by Crippen LogP contribution is -1.93. The summed E-state index contributed by atoms with van der Waals surface area (Å²) >= 11 is 5.02. The smallest absolute Gasteiger partial charge is 0.174 e. The molecule has 2 aromatic heterocycles. The number of pyridine rings is 1. The van der Waals surface area contributed by atoms with Crippen LogP contribution in [0.4, 0.5) is 0 Å². The van der Waals surface area contributed by atoms with Gasteiger partial charge in [-0.2, -0.15) is 0 Å². The van der Waals surface area contributed by atoms with Gasteiger partial charge in [0.25, 0.3) is 0 Å². The van der Waals surface area contributed by atoms with Crippen molar-refractivity contribution in [3.8, 4) is 0 Å². The molecule has 18 heavy (non-hydrogen) atoms. The van der Waals surface area contributed by atoms with Crippen LogP contribution >= 0.6 is 12.2 Å². The molecule has 0 saturated heterocycles. The van der Waals surface area contributed by atoms with Gasteiger partial charge in [-0.25, -0.2) is 0 Å². The normalized spacial score (nSPS) is 10.9. The second kappa shape index (κ2) is 4.74. The van der Waals surface area contributed by atoms with Crippen molar-refractivity contribution in [2.45, 2.75) is 12.8 Å². The molecule has 0 spiro atoms. The first-order valence-corrected chi connectivity index (χ1v) is 6.33. The Kier molecular flexibility index (Phi) is 2.94. The van der Waals surface area contributed by atoms with Crippen LogP contribution in [-0.2, 0) is 12.8 Å². The quantitative estimate of drug-likeness (QED) is 0.704. The van der Waals surface area contributed by atoms with Crippen LogP contribution in [0.15, 0.2) is 42.7 Å². The summed E-state index contributed by atoms with van der Waals surface area (Å²) in [7, 11) is 0. The second-order valence-corrected chi connectivity index (χ2v) is 4.66. The third-order valence-electron chi connectivity index (χ3n) is 3.05. The fourth-order valence-corrected chi connectivity index (χ4v) is 2.35. The van der Waals surface area contributed by atoms with Crippen molar-refractivity contribution >= 4 is 23.1 Å². The van der Waals surface area contributed by atoms with Gasteiger partial charge in [0.2, 0.25) is 0 Å². The Bertz CT molecular complexity index is 721. The average molecular weight is 255 g/mol. The van der Waals surface area contributed by atoms with Crippen molar-refractivity contribution in [2.75, 3.05) is 0 Å². The first-order valence-electron chi connectivity index (χ1n) is 5.92. The van der Waals surface area contributed by atoms with Gasteiger partial charge >= 0.3 is 0 Å². The van der Waals surface area contributed by atoms with E-state index in [0.717, 1.165) is 24.1 Å². The Hall–Kier alpha value is -1.94. The van der Waals surface area contributed by atoms with E-state index < -0.39 is 0 Å². The lowest BCUT2D eigenvalue weighted by atomic mass is 10.0. The van der Waals surface area contributed by atoms with Crippen LogP contribution in [0.25, 0.3) is 10.9 Å². The fourth-order valence-electron chi connectivity index (χ4n) is 2.16. The molecule has 0 aliphatic heterocycles. The number of nitrogens with one attached hydrogen (secondary N) is 2. The predicted octanol–water partition coefficient (Wildman–Crippen LogP) is 3.41. The number of H-pyrrole nitrogens is 2. The molecule has 2 N–H and O–H groups in total. The summed E-state index contributed by atoms with van der Waals surface area (Å²) in [6, 6.07) is 10.4. The minimum atomic E-state index is 0.685. The molecule has 2 heterocycles. The molecule has 90 valence electrons. The van der Waals surface area contributed by atoms with E-state index in [9.17, 15) is 0 Å². The molecular formula is C14H13N3S. The minimum Gasteiger partial charge on any atom is -0.337 e. The van der Waals surface area contributed by atoms with Crippen LogP contribution in [0.5, 0.6) is 0 Å². The molecule has 0 unspecified atom stereocenters. The lowest BCUT2D eigenvalue weighted by molar-refractivity contribution is 0.930. The third kappa shape index (κ3) is 2.19. The number of hydrogen-bond acceptors (Lipinski definition) is 2. The summed E-state index contributed by atoms with van der Waals surface area (Å²) in [4.78, 5) is 10.5. The highest BCUT2D eigenvalue weighted by atomic mass is 32.1. The summed E-state index contributed by atoms with van der Waals surface area (Å²) < 4.78 is 0.685. The van der Waals surface area contributed by atoms with Gasteiger partial charge in [0.1, 0.15) is 0 Å². The number of nitrogens with zero attached hydrogens (tertiary/aromatic N) is 1. The van der Waals surface area contributed by atoms with Gasteiger partial charge in [0, 0.05) is 23.5 Å². The Morgan fingerprint density at radius 2 is 2.06 bits per heavy atom. The van der Waals surface area contributed by atoms with Crippen LogP contribution in [-0.4, -0.2) is 15.0 Å². The van der Waals surface area contributed by atoms with E-state index >= 15 is 0 Å². The molecule has 0 aliphatic rings.